The number of allylic oxidation sites excluding steroid dienone is 2. The van der Waals surface area contributed by atoms with Gasteiger partial charge in [-0.15, -0.1) is 0 Å². The highest BCUT2D eigenvalue weighted by molar-refractivity contribution is 5.98. The number of ether oxygens (including phenoxy) is 1. The molecule has 0 fully saturated rings. The fourth-order valence-electron chi connectivity index (χ4n) is 5.14. The third kappa shape index (κ3) is 4.82. The van der Waals surface area contributed by atoms with E-state index in [1.54, 1.807) is 7.11 Å². The summed E-state index contributed by atoms with van der Waals surface area (Å²) in [5.41, 5.74) is 10.1. The molecule has 3 unspecified atom stereocenters. The third-order valence-corrected chi connectivity index (χ3v) is 7.24. The highest BCUT2D eigenvalue weighted by Gasteiger charge is 2.37. The van der Waals surface area contributed by atoms with Gasteiger partial charge < -0.3 is 20.7 Å². The van der Waals surface area contributed by atoms with E-state index in [2.05, 4.69) is 36.1 Å². The highest BCUT2D eigenvalue weighted by atomic mass is 16.5. The first-order valence-corrected chi connectivity index (χ1v) is 12.7. The van der Waals surface area contributed by atoms with Gasteiger partial charge in [-0.1, -0.05) is 63.2 Å². The number of methoxy groups -OCH3 is 1. The largest absolute Gasteiger partial charge is 0.512 e. The van der Waals surface area contributed by atoms with Crippen molar-refractivity contribution in [2.45, 2.75) is 46.0 Å². The van der Waals surface area contributed by atoms with E-state index >= 15 is 0 Å². The molecule has 198 valence electrons. The van der Waals surface area contributed by atoms with Crippen molar-refractivity contribution in [2.75, 3.05) is 12.8 Å². The number of rotatable bonds is 7. The molecule has 0 amide bonds. The number of aliphatic hydroxyl groups excluding tert-OH is 2. The number of nitrogens with one attached hydrogen (secondary N) is 1. The third-order valence-electron chi connectivity index (χ3n) is 7.24. The van der Waals surface area contributed by atoms with Gasteiger partial charge in [0, 0.05) is 23.6 Å². The first-order chi connectivity index (χ1) is 18.2. The number of nitrogen functional groups attached to an aromatic ring is 1. The van der Waals surface area contributed by atoms with Gasteiger partial charge in [-0.25, -0.2) is 14.6 Å². The summed E-state index contributed by atoms with van der Waals surface area (Å²) >= 11 is 0. The van der Waals surface area contributed by atoms with Crippen LogP contribution in [0.2, 0.25) is 0 Å². The maximum Gasteiger partial charge on any atom is 0.164 e. The Morgan fingerprint density at radius 3 is 2.55 bits per heavy atom. The molecule has 4 aromatic rings. The second-order valence-electron chi connectivity index (χ2n) is 10.8. The molecule has 5 rings (SSSR count). The van der Waals surface area contributed by atoms with Gasteiger partial charge in [-0.3, -0.25) is 5.32 Å². The van der Waals surface area contributed by atoms with E-state index in [4.69, 9.17) is 15.6 Å². The Hall–Kier alpha value is -3.95. The maximum atomic E-state index is 10.7. The van der Waals surface area contributed by atoms with Crippen molar-refractivity contribution < 1.29 is 14.9 Å². The molecule has 0 aliphatic heterocycles. The monoisotopic (exact) mass is 514 g/mol. The molecular weight excluding hydrogens is 480 g/mol. The lowest BCUT2D eigenvalue weighted by Crippen LogP contribution is -2.21. The Kier molecular flexibility index (Phi) is 6.81. The van der Waals surface area contributed by atoms with E-state index < -0.39 is 6.23 Å². The average molecular weight is 515 g/mol. The Bertz CT molecular complexity index is 1470. The van der Waals surface area contributed by atoms with Gasteiger partial charge in [0.25, 0.3) is 0 Å². The van der Waals surface area contributed by atoms with Crippen molar-refractivity contribution in [3.8, 4) is 17.0 Å². The summed E-state index contributed by atoms with van der Waals surface area (Å²) in [4.78, 5) is 8.72. The van der Waals surface area contributed by atoms with Gasteiger partial charge in [0.1, 0.15) is 29.8 Å². The van der Waals surface area contributed by atoms with Crippen LogP contribution in [0.15, 0.2) is 66.7 Å². The topological polar surface area (TPSA) is 131 Å². The van der Waals surface area contributed by atoms with E-state index in [-0.39, 0.29) is 17.4 Å². The number of anilines is 1. The first-order valence-electron chi connectivity index (χ1n) is 12.7. The minimum Gasteiger partial charge on any atom is -0.512 e. The van der Waals surface area contributed by atoms with Gasteiger partial charge in [0.2, 0.25) is 0 Å². The normalized spacial score (nSPS) is 18.5. The molecule has 2 aromatic carbocycles. The SMILES string of the molecule is COc1ccccc1C(O)NCc1ccc(-c2nn(C3C=C(O)C(C(C)(C)C)C3)c3ncnc(N)c23)cc1. The molecular formula is C29H34N6O3. The molecule has 2 heterocycles. The van der Waals surface area contributed by atoms with Crippen molar-refractivity contribution in [3.05, 3.63) is 77.8 Å². The Morgan fingerprint density at radius 2 is 1.87 bits per heavy atom. The minimum absolute atomic E-state index is 0.0346. The zero-order chi connectivity index (χ0) is 27.0. The molecule has 0 saturated heterocycles. The van der Waals surface area contributed by atoms with E-state index in [1.807, 2.05) is 59.3 Å². The number of benzene rings is 2. The van der Waals surface area contributed by atoms with Crippen LogP contribution in [0.4, 0.5) is 5.82 Å². The number of nitrogens with two attached hydrogens (primary N) is 1. The number of hydrogen-bond donors (Lipinski definition) is 4. The standard InChI is InChI=1S/C29H34N6O3/c1-29(2,3)21-13-19(14-22(21)36)35-27-24(26(30)32-16-33-27)25(34-35)18-11-9-17(10-12-18)15-31-28(37)20-7-5-6-8-23(20)38-4/h5-12,14,16,19,21,28,31,36-37H,13,15H2,1-4H3,(H2,30,32,33). The van der Waals surface area contributed by atoms with Crippen LogP contribution in [0.5, 0.6) is 5.75 Å². The summed E-state index contributed by atoms with van der Waals surface area (Å²) in [6, 6.07) is 15.2. The molecule has 0 saturated carbocycles. The summed E-state index contributed by atoms with van der Waals surface area (Å²) < 4.78 is 7.20. The van der Waals surface area contributed by atoms with Crippen LogP contribution in [-0.4, -0.2) is 37.1 Å². The van der Waals surface area contributed by atoms with Crippen molar-refractivity contribution in [2.24, 2.45) is 11.3 Å². The number of hydrogen-bond acceptors (Lipinski definition) is 8. The minimum atomic E-state index is -0.866. The lowest BCUT2D eigenvalue weighted by Gasteiger charge is -2.27. The van der Waals surface area contributed by atoms with Crippen LogP contribution in [-0.2, 0) is 6.54 Å². The molecule has 0 bridgehead atoms. The molecule has 2 aromatic heterocycles. The van der Waals surface area contributed by atoms with E-state index in [1.165, 1.54) is 6.33 Å². The summed E-state index contributed by atoms with van der Waals surface area (Å²) in [5.74, 6) is 1.42. The summed E-state index contributed by atoms with van der Waals surface area (Å²) in [7, 11) is 1.59. The fraction of sp³-hybridized carbons (Fsp3) is 0.345. The smallest absolute Gasteiger partial charge is 0.164 e. The lowest BCUT2D eigenvalue weighted by atomic mass is 9.79. The van der Waals surface area contributed by atoms with Crippen LogP contribution < -0.4 is 15.8 Å². The van der Waals surface area contributed by atoms with Crippen LogP contribution in [0.1, 0.15) is 50.6 Å². The summed E-state index contributed by atoms with van der Waals surface area (Å²) in [6.45, 7) is 6.84. The first kappa shape index (κ1) is 25.7. The second-order valence-corrected chi connectivity index (χ2v) is 10.8. The number of fused-ring (bicyclic) bond motifs is 1. The van der Waals surface area contributed by atoms with Crippen molar-refractivity contribution in [1.82, 2.24) is 25.1 Å². The van der Waals surface area contributed by atoms with Crippen LogP contribution in [0.25, 0.3) is 22.3 Å². The zero-order valence-electron chi connectivity index (χ0n) is 22.1. The van der Waals surface area contributed by atoms with Crippen molar-refractivity contribution in [1.29, 1.82) is 0 Å². The van der Waals surface area contributed by atoms with Gasteiger partial charge in [0.15, 0.2) is 5.65 Å². The highest BCUT2D eigenvalue weighted by Crippen LogP contribution is 2.44. The van der Waals surface area contributed by atoms with Crippen LogP contribution in [0.3, 0.4) is 0 Å². The van der Waals surface area contributed by atoms with Gasteiger partial charge in [-0.05, 0) is 29.5 Å². The number of aliphatic hydroxyl groups is 2. The van der Waals surface area contributed by atoms with Gasteiger partial charge in [0.05, 0.1) is 24.3 Å². The number of nitrogens with zero attached hydrogens (tertiary/aromatic N) is 4. The van der Waals surface area contributed by atoms with Crippen LogP contribution in [0, 0.1) is 11.3 Å². The van der Waals surface area contributed by atoms with Crippen molar-refractivity contribution >= 4 is 16.9 Å². The average Bonchev–Trinajstić information content (AvgIpc) is 3.49. The van der Waals surface area contributed by atoms with Gasteiger partial charge in [-0.2, -0.15) is 5.10 Å². The van der Waals surface area contributed by atoms with Crippen molar-refractivity contribution in [3.63, 3.8) is 0 Å². The molecule has 9 heteroatoms. The molecule has 9 nitrogen and oxygen atoms in total. The quantitative estimate of drug-likeness (QED) is 0.256. The maximum absolute atomic E-state index is 10.7. The van der Waals surface area contributed by atoms with E-state index in [9.17, 15) is 10.2 Å². The molecule has 38 heavy (non-hydrogen) atoms. The van der Waals surface area contributed by atoms with Crippen LogP contribution >= 0.6 is 0 Å². The summed E-state index contributed by atoms with van der Waals surface area (Å²) in [6.07, 6.45) is 3.18. The lowest BCUT2D eigenvalue weighted by molar-refractivity contribution is 0.133. The molecule has 1 aliphatic rings. The predicted octanol–water partition coefficient (Wildman–Crippen LogP) is 4.91. The van der Waals surface area contributed by atoms with E-state index in [0.717, 1.165) is 17.5 Å². The fourth-order valence-corrected chi connectivity index (χ4v) is 5.14. The van der Waals surface area contributed by atoms with Gasteiger partial charge >= 0.3 is 0 Å². The summed E-state index contributed by atoms with van der Waals surface area (Å²) in [5, 5.41) is 30.0. The molecule has 5 N–H and O–H groups in total. The predicted molar refractivity (Wildman–Crippen MR) is 147 cm³/mol. The second kappa shape index (κ2) is 10.1. The van der Waals surface area contributed by atoms with E-state index in [0.29, 0.717) is 46.2 Å². The Labute approximate surface area is 222 Å². The zero-order valence-corrected chi connectivity index (χ0v) is 22.1. The number of aromatic nitrogens is 4. The Morgan fingerprint density at radius 1 is 1.13 bits per heavy atom. The Balaban J connectivity index is 1.40. The molecule has 3 atom stereocenters. The molecule has 0 spiro atoms. The molecule has 1 aliphatic carbocycles. The number of para-hydroxylation sites is 1. The molecule has 0 radical (unpaired) electrons.